The fourth-order valence-electron chi connectivity index (χ4n) is 5.76. The number of aromatic nitrogens is 3. The summed E-state index contributed by atoms with van der Waals surface area (Å²) in [6.45, 7) is 3.74. The minimum Gasteiger partial charge on any atom is -0.461 e. The molecule has 0 N–H and O–H groups in total. The van der Waals surface area contributed by atoms with E-state index >= 15 is 4.39 Å². The van der Waals surface area contributed by atoms with Crippen molar-refractivity contribution < 1.29 is 13.5 Å². The first-order valence-corrected chi connectivity index (χ1v) is 11.9. The summed E-state index contributed by atoms with van der Waals surface area (Å²) in [5.74, 6) is -0.492. The van der Waals surface area contributed by atoms with E-state index in [2.05, 4.69) is 32.8 Å². The number of halogens is 2. The second-order valence-corrected chi connectivity index (χ2v) is 9.42. The van der Waals surface area contributed by atoms with Gasteiger partial charge in [0.25, 0.3) is 0 Å². The van der Waals surface area contributed by atoms with Gasteiger partial charge in [0.15, 0.2) is 5.82 Å². The first-order valence-electron chi connectivity index (χ1n) is 11.9. The summed E-state index contributed by atoms with van der Waals surface area (Å²) >= 11 is 0. The van der Waals surface area contributed by atoms with E-state index in [0.29, 0.717) is 25.0 Å². The van der Waals surface area contributed by atoms with E-state index in [1.807, 2.05) is 30.3 Å². The van der Waals surface area contributed by atoms with Gasteiger partial charge in [-0.15, -0.1) is 0 Å². The van der Waals surface area contributed by atoms with E-state index in [-0.39, 0.29) is 22.8 Å². The average molecular weight is 461 g/mol. The Kier molecular flexibility index (Phi) is 5.17. The van der Waals surface area contributed by atoms with Crippen LogP contribution < -0.4 is 4.74 Å². The molecular weight excluding hydrogens is 434 g/mol. The molecule has 174 valence electrons. The quantitative estimate of drug-likeness (QED) is 0.394. The van der Waals surface area contributed by atoms with Gasteiger partial charge in [0.1, 0.15) is 24.0 Å². The van der Waals surface area contributed by atoms with Crippen LogP contribution in [-0.4, -0.2) is 51.3 Å². The van der Waals surface area contributed by atoms with Crippen LogP contribution in [0.3, 0.4) is 0 Å². The number of ether oxygens (including phenoxy) is 1. The number of rotatable bonds is 5. The van der Waals surface area contributed by atoms with Crippen LogP contribution in [0.25, 0.3) is 32.9 Å². The molecule has 4 aromatic rings. The van der Waals surface area contributed by atoms with Gasteiger partial charge in [-0.25, -0.2) is 13.8 Å². The third kappa shape index (κ3) is 3.41. The van der Waals surface area contributed by atoms with Gasteiger partial charge >= 0.3 is 6.01 Å². The van der Waals surface area contributed by atoms with Crippen molar-refractivity contribution in [3.8, 4) is 17.3 Å². The molecule has 0 amide bonds. The molecular formula is C27H26F2N4O. The number of hydrogen-bond acceptors (Lipinski definition) is 5. The normalized spacial score (nSPS) is 22.5. The highest BCUT2D eigenvalue weighted by Crippen LogP contribution is 2.40. The molecule has 2 aromatic carbocycles. The number of fused-ring (bicyclic) bond motifs is 3. The SMILES string of the molecule is CCc1cccc2cccc(-c3ncc4cnc(OC[C@@]56CCCN5C[C@H](F)C6)nc4c3F)c12. The Morgan fingerprint density at radius 2 is 1.94 bits per heavy atom. The minimum atomic E-state index is -0.832. The maximum atomic E-state index is 15.8. The molecule has 0 saturated carbocycles. The highest BCUT2D eigenvalue weighted by molar-refractivity contribution is 5.99. The molecule has 0 bridgehead atoms. The maximum Gasteiger partial charge on any atom is 0.317 e. The van der Waals surface area contributed by atoms with Crippen LogP contribution in [0, 0.1) is 5.82 Å². The molecule has 2 fully saturated rings. The second kappa shape index (κ2) is 8.24. The number of aryl methyl sites for hydroxylation is 1. The summed E-state index contributed by atoms with van der Waals surface area (Å²) in [4.78, 5) is 15.3. The van der Waals surface area contributed by atoms with Gasteiger partial charge in [-0.2, -0.15) is 4.98 Å². The maximum absolute atomic E-state index is 15.8. The monoisotopic (exact) mass is 460 g/mol. The van der Waals surface area contributed by atoms with Crippen LogP contribution in [-0.2, 0) is 6.42 Å². The molecule has 2 saturated heterocycles. The summed E-state index contributed by atoms with van der Waals surface area (Å²) in [5, 5.41) is 2.56. The lowest BCUT2D eigenvalue weighted by Gasteiger charge is -2.30. The van der Waals surface area contributed by atoms with Crippen molar-refractivity contribution in [1.82, 2.24) is 19.9 Å². The van der Waals surface area contributed by atoms with Crippen molar-refractivity contribution in [2.24, 2.45) is 0 Å². The number of hydrogen-bond donors (Lipinski definition) is 0. The van der Waals surface area contributed by atoms with Crippen LogP contribution in [0.15, 0.2) is 48.8 Å². The second-order valence-electron chi connectivity index (χ2n) is 9.42. The largest absolute Gasteiger partial charge is 0.461 e. The Morgan fingerprint density at radius 1 is 1.12 bits per heavy atom. The number of pyridine rings is 1. The van der Waals surface area contributed by atoms with Crippen molar-refractivity contribution in [2.45, 2.75) is 44.3 Å². The minimum absolute atomic E-state index is 0.110. The lowest BCUT2D eigenvalue weighted by molar-refractivity contribution is 0.107. The highest BCUT2D eigenvalue weighted by Gasteiger charge is 2.49. The number of benzene rings is 2. The Hall–Kier alpha value is -3.19. The number of alkyl halides is 1. The van der Waals surface area contributed by atoms with Gasteiger partial charge in [-0.1, -0.05) is 43.3 Å². The van der Waals surface area contributed by atoms with Crippen LogP contribution in [0.1, 0.15) is 31.7 Å². The summed E-state index contributed by atoms with van der Waals surface area (Å²) in [5.41, 5.74) is 2.02. The Bertz CT molecular complexity index is 1390. The molecule has 34 heavy (non-hydrogen) atoms. The Morgan fingerprint density at radius 3 is 2.79 bits per heavy atom. The van der Waals surface area contributed by atoms with Crippen LogP contribution in [0.4, 0.5) is 8.78 Å². The molecule has 2 aromatic heterocycles. The summed E-state index contributed by atoms with van der Waals surface area (Å²) < 4.78 is 35.8. The standard InChI is InChI=1S/C27H26F2N4O/c1-2-17-6-3-7-18-8-4-9-21(22(17)18)25-23(29)24-19(13-30-25)14-31-26(32-24)34-16-27-10-5-11-33(27)15-20(28)12-27/h3-4,6-9,13-14,20H,2,5,10-12,15-16H2,1H3/t20-,27+/m1/s1. The molecule has 5 nitrogen and oxygen atoms in total. The zero-order valence-electron chi connectivity index (χ0n) is 19.1. The van der Waals surface area contributed by atoms with E-state index < -0.39 is 12.0 Å². The van der Waals surface area contributed by atoms with Crippen LogP contribution >= 0.6 is 0 Å². The van der Waals surface area contributed by atoms with E-state index in [0.717, 1.165) is 47.7 Å². The summed E-state index contributed by atoms with van der Waals surface area (Å²) in [6.07, 6.45) is 5.53. The molecule has 0 radical (unpaired) electrons. The molecule has 0 aliphatic carbocycles. The van der Waals surface area contributed by atoms with E-state index in [1.54, 1.807) is 6.20 Å². The lowest BCUT2D eigenvalue weighted by atomic mass is 9.95. The molecule has 6 rings (SSSR count). The van der Waals surface area contributed by atoms with Crippen molar-refractivity contribution in [2.75, 3.05) is 19.7 Å². The first-order chi connectivity index (χ1) is 16.6. The molecule has 2 aliphatic heterocycles. The van der Waals surface area contributed by atoms with Crippen molar-refractivity contribution >= 4 is 21.7 Å². The lowest BCUT2D eigenvalue weighted by Crippen LogP contribution is -2.43. The fraction of sp³-hybridized carbons (Fsp3) is 0.370. The van der Waals surface area contributed by atoms with Gasteiger partial charge in [-0.05, 0) is 42.1 Å². The van der Waals surface area contributed by atoms with Crippen molar-refractivity contribution in [3.63, 3.8) is 0 Å². The first kappa shape index (κ1) is 21.4. The van der Waals surface area contributed by atoms with Gasteiger partial charge in [0, 0.05) is 36.3 Å². The molecule has 7 heteroatoms. The highest BCUT2D eigenvalue weighted by atomic mass is 19.1. The number of nitrogens with zero attached hydrogens (tertiary/aromatic N) is 4. The molecule has 4 heterocycles. The van der Waals surface area contributed by atoms with Gasteiger partial charge < -0.3 is 4.74 Å². The van der Waals surface area contributed by atoms with E-state index in [1.165, 1.54) is 6.20 Å². The Balaban J connectivity index is 1.38. The van der Waals surface area contributed by atoms with Crippen molar-refractivity contribution in [3.05, 3.63) is 60.2 Å². The predicted octanol–water partition coefficient (Wildman–Crippen LogP) is 5.50. The van der Waals surface area contributed by atoms with E-state index in [4.69, 9.17) is 4.74 Å². The van der Waals surface area contributed by atoms with Gasteiger partial charge in [-0.3, -0.25) is 9.88 Å². The molecule has 0 spiro atoms. The van der Waals surface area contributed by atoms with Gasteiger partial charge in [0.05, 0.1) is 5.54 Å². The third-order valence-electron chi connectivity index (χ3n) is 7.40. The van der Waals surface area contributed by atoms with E-state index in [9.17, 15) is 4.39 Å². The van der Waals surface area contributed by atoms with Gasteiger partial charge in [0.2, 0.25) is 0 Å². The summed E-state index contributed by atoms with van der Waals surface area (Å²) in [7, 11) is 0. The average Bonchev–Trinajstić information content (AvgIpc) is 3.38. The van der Waals surface area contributed by atoms with Crippen LogP contribution in [0.2, 0.25) is 0 Å². The zero-order chi connectivity index (χ0) is 23.3. The van der Waals surface area contributed by atoms with Crippen LogP contribution in [0.5, 0.6) is 6.01 Å². The third-order valence-corrected chi connectivity index (χ3v) is 7.40. The smallest absolute Gasteiger partial charge is 0.317 e. The topological polar surface area (TPSA) is 51.1 Å². The Labute approximate surface area is 196 Å². The molecule has 2 atom stereocenters. The predicted molar refractivity (Wildman–Crippen MR) is 128 cm³/mol. The molecule has 2 aliphatic rings. The van der Waals surface area contributed by atoms with Crippen molar-refractivity contribution in [1.29, 1.82) is 0 Å². The zero-order valence-corrected chi connectivity index (χ0v) is 19.1. The fourth-order valence-corrected chi connectivity index (χ4v) is 5.76. The molecule has 0 unspecified atom stereocenters. The summed E-state index contributed by atoms with van der Waals surface area (Å²) in [6, 6.07) is 12.1.